The maximum atomic E-state index is 12.1. The second kappa shape index (κ2) is 5.43. The number of methoxy groups -OCH3 is 2. The molecule has 1 saturated carbocycles. The van der Waals surface area contributed by atoms with Crippen molar-refractivity contribution in [3.05, 3.63) is 30.0 Å². The number of aromatic nitrogens is 3. The molecule has 0 spiro atoms. The topological polar surface area (TPSA) is 89.1 Å². The molecule has 1 amide bonds. The summed E-state index contributed by atoms with van der Waals surface area (Å²) in [4.78, 5) is 12.1. The van der Waals surface area contributed by atoms with Crippen LogP contribution in [0.5, 0.6) is 11.5 Å². The van der Waals surface area contributed by atoms with E-state index in [4.69, 9.17) is 9.47 Å². The van der Waals surface area contributed by atoms with Gasteiger partial charge in [-0.3, -0.25) is 4.79 Å². The highest BCUT2D eigenvalue weighted by molar-refractivity contribution is 5.94. The number of aromatic amines is 1. The maximum absolute atomic E-state index is 12.1. The molecule has 1 aromatic carbocycles. The van der Waals surface area contributed by atoms with E-state index in [1.807, 2.05) is 18.2 Å². The van der Waals surface area contributed by atoms with Crippen molar-refractivity contribution in [3.8, 4) is 11.5 Å². The van der Waals surface area contributed by atoms with Crippen LogP contribution >= 0.6 is 0 Å². The molecule has 2 aromatic rings. The number of anilines is 1. The van der Waals surface area contributed by atoms with E-state index in [9.17, 15) is 4.79 Å². The number of amides is 1. The van der Waals surface area contributed by atoms with E-state index in [1.54, 1.807) is 14.2 Å². The Morgan fingerprint density at radius 3 is 2.90 bits per heavy atom. The third-order valence-electron chi connectivity index (χ3n) is 3.63. The molecule has 1 aliphatic rings. The van der Waals surface area contributed by atoms with Crippen LogP contribution in [-0.2, 0) is 4.79 Å². The van der Waals surface area contributed by atoms with Crippen LogP contribution < -0.4 is 14.8 Å². The Kier molecular flexibility index (Phi) is 3.47. The van der Waals surface area contributed by atoms with Gasteiger partial charge in [-0.1, -0.05) is 0 Å². The zero-order valence-corrected chi connectivity index (χ0v) is 11.8. The van der Waals surface area contributed by atoms with E-state index in [0.29, 0.717) is 5.82 Å². The highest BCUT2D eigenvalue weighted by Gasteiger charge is 2.45. The second-order valence-corrected chi connectivity index (χ2v) is 4.90. The normalized spacial score (nSPS) is 19.9. The number of H-pyrrole nitrogens is 1. The van der Waals surface area contributed by atoms with Gasteiger partial charge in [0.1, 0.15) is 11.5 Å². The molecule has 21 heavy (non-hydrogen) atoms. The van der Waals surface area contributed by atoms with Crippen molar-refractivity contribution in [2.24, 2.45) is 5.92 Å². The van der Waals surface area contributed by atoms with Crippen molar-refractivity contribution in [1.82, 2.24) is 15.4 Å². The Hall–Kier alpha value is -2.57. The van der Waals surface area contributed by atoms with Gasteiger partial charge < -0.3 is 14.8 Å². The minimum absolute atomic E-state index is 0.0567. The third kappa shape index (κ3) is 2.67. The third-order valence-corrected chi connectivity index (χ3v) is 3.63. The number of carbonyl (C=O) groups excluding carboxylic acids is 1. The van der Waals surface area contributed by atoms with Crippen molar-refractivity contribution in [1.29, 1.82) is 0 Å². The summed E-state index contributed by atoms with van der Waals surface area (Å²) in [6.07, 6.45) is 2.26. The standard InChI is InChI=1S/C14H16N4O3/c1-20-8-3-4-12(21-2)10(5-8)9-6-11(9)14(19)16-13-7-15-18-17-13/h3-5,7,9,11H,6H2,1-2H3,(H2,15,16,17,18,19)/t9-,11+/m0/s1. The van der Waals surface area contributed by atoms with E-state index in [2.05, 4.69) is 20.7 Å². The number of hydrogen-bond donors (Lipinski definition) is 2. The van der Waals surface area contributed by atoms with Crippen molar-refractivity contribution >= 4 is 11.7 Å². The summed E-state index contributed by atoms with van der Waals surface area (Å²) >= 11 is 0. The Bertz CT molecular complexity index is 642. The first-order valence-corrected chi connectivity index (χ1v) is 6.61. The van der Waals surface area contributed by atoms with Crippen molar-refractivity contribution < 1.29 is 14.3 Å². The molecule has 0 aliphatic heterocycles. The molecular weight excluding hydrogens is 272 g/mol. The van der Waals surface area contributed by atoms with E-state index in [-0.39, 0.29) is 17.7 Å². The number of ether oxygens (including phenoxy) is 2. The summed E-state index contributed by atoms with van der Waals surface area (Å²) in [7, 11) is 3.24. The van der Waals surface area contributed by atoms with Crippen LogP contribution in [0.1, 0.15) is 17.9 Å². The lowest BCUT2D eigenvalue weighted by Crippen LogP contribution is -2.15. The maximum Gasteiger partial charge on any atom is 0.229 e. The fourth-order valence-electron chi connectivity index (χ4n) is 2.44. The van der Waals surface area contributed by atoms with Crippen molar-refractivity contribution in [2.75, 3.05) is 19.5 Å². The van der Waals surface area contributed by atoms with Gasteiger partial charge >= 0.3 is 0 Å². The van der Waals surface area contributed by atoms with E-state index in [1.165, 1.54) is 6.20 Å². The van der Waals surface area contributed by atoms with Gasteiger partial charge in [0.25, 0.3) is 0 Å². The number of nitrogens with one attached hydrogen (secondary N) is 2. The van der Waals surface area contributed by atoms with E-state index < -0.39 is 0 Å². The molecular formula is C14H16N4O3. The van der Waals surface area contributed by atoms with Crippen LogP contribution in [0.4, 0.5) is 5.82 Å². The van der Waals surface area contributed by atoms with Gasteiger partial charge in [0, 0.05) is 17.4 Å². The molecule has 1 heterocycles. The van der Waals surface area contributed by atoms with Crippen molar-refractivity contribution in [3.63, 3.8) is 0 Å². The molecule has 1 aromatic heterocycles. The van der Waals surface area contributed by atoms with Gasteiger partial charge in [-0.25, -0.2) is 0 Å². The van der Waals surface area contributed by atoms with Gasteiger partial charge in [0.2, 0.25) is 5.91 Å². The van der Waals surface area contributed by atoms with Gasteiger partial charge in [0.15, 0.2) is 5.82 Å². The fourth-order valence-corrected chi connectivity index (χ4v) is 2.44. The Balaban J connectivity index is 1.73. The monoisotopic (exact) mass is 288 g/mol. The first-order valence-electron chi connectivity index (χ1n) is 6.61. The van der Waals surface area contributed by atoms with Crippen molar-refractivity contribution in [2.45, 2.75) is 12.3 Å². The number of hydrogen-bond acceptors (Lipinski definition) is 5. The highest BCUT2D eigenvalue weighted by atomic mass is 16.5. The van der Waals surface area contributed by atoms with E-state index in [0.717, 1.165) is 23.5 Å². The molecule has 1 fully saturated rings. The summed E-state index contributed by atoms with van der Waals surface area (Å²) < 4.78 is 10.6. The molecule has 3 rings (SSSR count). The van der Waals surface area contributed by atoms with Crippen LogP contribution in [0, 0.1) is 5.92 Å². The molecule has 110 valence electrons. The lowest BCUT2D eigenvalue weighted by molar-refractivity contribution is -0.117. The molecule has 0 radical (unpaired) electrons. The van der Waals surface area contributed by atoms with Crippen LogP contribution in [0.25, 0.3) is 0 Å². The smallest absolute Gasteiger partial charge is 0.229 e. The first kappa shape index (κ1) is 13.4. The highest BCUT2D eigenvalue weighted by Crippen LogP contribution is 2.51. The Morgan fingerprint density at radius 1 is 1.38 bits per heavy atom. The van der Waals surface area contributed by atoms with Gasteiger partial charge in [-0.2, -0.15) is 10.3 Å². The molecule has 7 heteroatoms. The number of benzene rings is 1. The first-order chi connectivity index (χ1) is 10.2. The molecule has 2 atom stereocenters. The molecule has 0 unspecified atom stereocenters. The second-order valence-electron chi connectivity index (χ2n) is 4.90. The zero-order valence-electron chi connectivity index (χ0n) is 11.8. The summed E-state index contributed by atoms with van der Waals surface area (Å²) in [5.41, 5.74) is 0.997. The lowest BCUT2D eigenvalue weighted by Gasteiger charge is -2.10. The number of carbonyl (C=O) groups is 1. The Morgan fingerprint density at radius 2 is 2.24 bits per heavy atom. The quantitative estimate of drug-likeness (QED) is 0.871. The van der Waals surface area contributed by atoms with Crippen LogP contribution in [0.3, 0.4) is 0 Å². The average molecular weight is 288 g/mol. The number of nitrogens with zero attached hydrogens (tertiary/aromatic N) is 2. The van der Waals surface area contributed by atoms with Gasteiger partial charge in [0.05, 0.1) is 20.4 Å². The minimum Gasteiger partial charge on any atom is -0.497 e. The molecule has 2 N–H and O–H groups in total. The predicted molar refractivity (Wildman–Crippen MR) is 75.4 cm³/mol. The van der Waals surface area contributed by atoms with Gasteiger partial charge in [-0.15, -0.1) is 5.10 Å². The zero-order chi connectivity index (χ0) is 14.8. The Labute approximate surface area is 121 Å². The van der Waals surface area contributed by atoms with E-state index >= 15 is 0 Å². The molecule has 7 nitrogen and oxygen atoms in total. The minimum atomic E-state index is -0.0808. The largest absolute Gasteiger partial charge is 0.497 e. The van der Waals surface area contributed by atoms with Crippen LogP contribution in [0.15, 0.2) is 24.4 Å². The summed E-state index contributed by atoms with van der Waals surface area (Å²) in [5, 5.41) is 12.7. The van der Waals surface area contributed by atoms with Crippen LogP contribution in [-0.4, -0.2) is 35.5 Å². The number of rotatable bonds is 5. The summed E-state index contributed by atoms with van der Waals surface area (Å²) in [6.45, 7) is 0. The lowest BCUT2D eigenvalue weighted by atomic mass is 10.1. The SMILES string of the molecule is COc1ccc(OC)c([C@@H]2C[C@H]2C(=O)Nc2cn[nH]n2)c1. The average Bonchev–Trinajstić information content (AvgIpc) is 3.16. The fraction of sp³-hybridized carbons (Fsp3) is 0.357. The van der Waals surface area contributed by atoms with Gasteiger partial charge in [-0.05, 0) is 24.6 Å². The molecule has 0 saturated heterocycles. The predicted octanol–water partition coefficient (Wildman–Crippen LogP) is 1.56. The van der Waals surface area contributed by atoms with Crippen LogP contribution in [0.2, 0.25) is 0 Å². The summed E-state index contributed by atoms with van der Waals surface area (Å²) in [6, 6.07) is 5.63. The summed E-state index contributed by atoms with van der Waals surface area (Å²) in [5.74, 6) is 1.97. The molecule has 1 aliphatic carbocycles. The molecule has 0 bridgehead atoms.